The first-order valence-corrected chi connectivity index (χ1v) is 10.6. The second-order valence-electron chi connectivity index (χ2n) is 7.33. The summed E-state index contributed by atoms with van der Waals surface area (Å²) in [5.41, 5.74) is 3.83. The van der Waals surface area contributed by atoms with Crippen LogP contribution in [-0.4, -0.2) is 49.1 Å². The van der Waals surface area contributed by atoms with Crippen molar-refractivity contribution in [2.45, 2.75) is 46.3 Å². The van der Waals surface area contributed by atoms with Crippen LogP contribution in [-0.2, 0) is 37.3 Å². The Balaban J connectivity index is 1.28. The smallest absolute Gasteiger partial charge is 0.241 e. The van der Waals surface area contributed by atoms with Crippen LogP contribution in [0, 0.1) is 13.8 Å². The van der Waals surface area contributed by atoms with Gasteiger partial charge in [0.1, 0.15) is 6.54 Å². The van der Waals surface area contributed by atoms with Gasteiger partial charge in [-0.05, 0) is 41.8 Å². The molecule has 152 valence electrons. The lowest BCUT2D eigenvalue weighted by molar-refractivity contribution is -0.121. The number of thiazole rings is 1. The van der Waals surface area contributed by atoms with Gasteiger partial charge < -0.3 is 5.32 Å². The molecule has 8 nitrogen and oxygen atoms in total. The molecule has 0 atom stereocenters. The molecular formula is C20H25N7OS. The fourth-order valence-corrected chi connectivity index (χ4v) is 4.43. The first-order valence-electron chi connectivity index (χ1n) is 9.82. The molecule has 0 fully saturated rings. The molecule has 0 radical (unpaired) electrons. The van der Waals surface area contributed by atoms with Gasteiger partial charge in [0, 0.05) is 30.9 Å². The van der Waals surface area contributed by atoms with E-state index >= 15 is 0 Å². The quantitative estimate of drug-likeness (QED) is 0.636. The molecule has 4 rings (SSSR count). The number of rotatable bonds is 7. The molecule has 0 bridgehead atoms. The number of amides is 1. The standard InChI is InChI=1S/C20H25N7OS/c1-14-15(2)29-20(22-14)7-9-21-19(28)13-27-18(23-24-25-27)12-26-10-8-16-5-3-4-6-17(16)11-26/h3-6H,7-13H2,1-2H3,(H,21,28). The van der Waals surface area contributed by atoms with Gasteiger partial charge in [-0.3, -0.25) is 9.69 Å². The zero-order chi connectivity index (χ0) is 20.2. The van der Waals surface area contributed by atoms with Gasteiger partial charge >= 0.3 is 0 Å². The Morgan fingerprint density at radius 2 is 2.07 bits per heavy atom. The molecule has 29 heavy (non-hydrogen) atoms. The van der Waals surface area contributed by atoms with Crippen molar-refractivity contribution in [1.82, 2.24) is 35.4 Å². The number of benzene rings is 1. The number of fused-ring (bicyclic) bond motifs is 1. The molecule has 1 aliphatic rings. The van der Waals surface area contributed by atoms with Crippen molar-refractivity contribution in [3.63, 3.8) is 0 Å². The van der Waals surface area contributed by atoms with E-state index in [1.807, 2.05) is 6.92 Å². The van der Waals surface area contributed by atoms with Crippen molar-refractivity contribution in [1.29, 1.82) is 0 Å². The lowest BCUT2D eigenvalue weighted by Gasteiger charge is -2.28. The lowest BCUT2D eigenvalue weighted by Crippen LogP contribution is -2.33. The van der Waals surface area contributed by atoms with Crippen LogP contribution < -0.4 is 5.32 Å². The second kappa shape index (κ2) is 8.79. The fourth-order valence-electron chi connectivity index (χ4n) is 3.50. The molecule has 0 unspecified atom stereocenters. The van der Waals surface area contributed by atoms with Crippen LogP contribution in [0.15, 0.2) is 24.3 Å². The summed E-state index contributed by atoms with van der Waals surface area (Å²) >= 11 is 1.68. The van der Waals surface area contributed by atoms with E-state index in [9.17, 15) is 4.79 Å². The predicted molar refractivity (Wildman–Crippen MR) is 110 cm³/mol. The normalized spacial score (nSPS) is 14.0. The summed E-state index contributed by atoms with van der Waals surface area (Å²) in [6.45, 7) is 7.23. The molecule has 0 aliphatic carbocycles. The van der Waals surface area contributed by atoms with Crippen LogP contribution in [0.4, 0.5) is 0 Å². The fraction of sp³-hybridized carbons (Fsp3) is 0.450. The molecule has 0 saturated heterocycles. The topological polar surface area (TPSA) is 88.8 Å². The Bertz CT molecular complexity index is 977. The zero-order valence-electron chi connectivity index (χ0n) is 16.8. The summed E-state index contributed by atoms with van der Waals surface area (Å²) in [6.07, 6.45) is 1.76. The number of nitrogens with one attached hydrogen (secondary N) is 1. The molecule has 3 heterocycles. The number of tetrazole rings is 1. The molecule has 9 heteroatoms. The van der Waals surface area contributed by atoms with Gasteiger partial charge in [-0.2, -0.15) is 0 Å². The number of aromatic nitrogens is 5. The number of carbonyl (C=O) groups is 1. The summed E-state index contributed by atoms with van der Waals surface area (Å²) in [6, 6.07) is 8.52. The van der Waals surface area contributed by atoms with Crippen LogP contribution in [0.1, 0.15) is 32.5 Å². The molecule has 0 spiro atoms. The monoisotopic (exact) mass is 411 g/mol. The minimum absolute atomic E-state index is 0.0902. The van der Waals surface area contributed by atoms with E-state index in [0.717, 1.165) is 36.6 Å². The van der Waals surface area contributed by atoms with Crippen molar-refractivity contribution < 1.29 is 4.79 Å². The van der Waals surface area contributed by atoms with Gasteiger partial charge in [-0.25, -0.2) is 9.67 Å². The lowest BCUT2D eigenvalue weighted by atomic mass is 10.00. The maximum absolute atomic E-state index is 12.3. The Kier molecular flexibility index (Phi) is 5.96. The van der Waals surface area contributed by atoms with Crippen LogP contribution in [0.2, 0.25) is 0 Å². The summed E-state index contributed by atoms with van der Waals surface area (Å²) in [5.74, 6) is 0.623. The average Bonchev–Trinajstić information content (AvgIpc) is 3.27. The van der Waals surface area contributed by atoms with Crippen LogP contribution in [0.25, 0.3) is 0 Å². The van der Waals surface area contributed by atoms with Gasteiger partial charge in [-0.1, -0.05) is 24.3 Å². The maximum atomic E-state index is 12.3. The number of nitrogens with zero attached hydrogens (tertiary/aromatic N) is 6. The Hall–Kier alpha value is -2.65. The first-order chi connectivity index (χ1) is 14.1. The minimum atomic E-state index is -0.0902. The summed E-state index contributed by atoms with van der Waals surface area (Å²) in [4.78, 5) is 20.4. The number of carbonyl (C=O) groups excluding carboxylic acids is 1. The Morgan fingerprint density at radius 1 is 1.24 bits per heavy atom. The van der Waals surface area contributed by atoms with Gasteiger partial charge in [0.2, 0.25) is 5.91 Å². The van der Waals surface area contributed by atoms with Gasteiger partial charge in [0.15, 0.2) is 5.82 Å². The van der Waals surface area contributed by atoms with E-state index in [1.165, 1.54) is 16.0 Å². The highest BCUT2D eigenvalue weighted by Gasteiger charge is 2.19. The zero-order valence-corrected chi connectivity index (χ0v) is 17.6. The summed E-state index contributed by atoms with van der Waals surface area (Å²) in [5, 5.41) is 15.9. The van der Waals surface area contributed by atoms with E-state index < -0.39 is 0 Å². The highest BCUT2D eigenvalue weighted by atomic mass is 32.1. The molecule has 1 aliphatic heterocycles. The van der Waals surface area contributed by atoms with E-state index in [2.05, 4.69) is 61.9 Å². The van der Waals surface area contributed by atoms with Crippen molar-refractivity contribution in [3.05, 3.63) is 56.8 Å². The minimum Gasteiger partial charge on any atom is -0.354 e. The van der Waals surface area contributed by atoms with E-state index in [4.69, 9.17) is 0 Å². The number of hydrogen-bond acceptors (Lipinski definition) is 7. The molecule has 3 aromatic rings. The van der Waals surface area contributed by atoms with Gasteiger partial charge in [0.05, 0.1) is 17.2 Å². The molecule has 1 N–H and O–H groups in total. The highest BCUT2D eigenvalue weighted by Crippen LogP contribution is 2.19. The summed E-state index contributed by atoms with van der Waals surface area (Å²) < 4.78 is 1.59. The maximum Gasteiger partial charge on any atom is 0.241 e. The third-order valence-corrected chi connectivity index (χ3v) is 6.34. The average molecular weight is 412 g/mol. The Labute approximate surface area is 174 Å². The van der Waals surface area contributed by atoms with Crippen LogP contribution in [0.3, 0.4) is 0 Å². The molecule has 2 aromatic heterocycles. The number of aryl methyl sites for hydroxylation is 2. The van der Waals surface area contributed by atoms with Gasteiger partial charge in [-0.15, -0.1) is 16.4 Å². The van der Waals surface area contributed by atoms with Crippen LogP contribution in [0.5, 0.6) is 0 Å². The predicted octanol–water partition coefficient (Wildman–Crippen LogP) is 1.66. The van der Waals surface area contributed by atoms with Crippen LogP contribution >= 0.6 is 11.3 Å². The Morgan fingerprint density at radius 3 is 2.86 bits per heavy atom. The van der Waals surface area contributed by atoms with E-state index in [0.29, 0.717) is 18.9 Å². The van der Waals surface area contributed by atoms with E-state index in [1.54, 1.807) is 16.0 Å². The van der Waals surface area contributed by atoms with Crippen molar-refractivity contribution >= 4 is 17.2 Å². The third kappa shape index (κ3) is 4.86. The molecule has 0 saturated carbocycles. The van der Waals surface area contributed by atoms with E-state index in [-0.39, 0.29) is 12.5 Å². The SMILES string of the molecule is Cc1nc(CCNC(=O)Cn2nnnc2CN2CCc3ccccc3C2)sc1C. The second-order valence-corrected chi connectivity index (χ2v) is 8.62. The van der Waals surface area contributed by atoms with Crippen molar-refractivity contribution in [2.75, 3.05) is 13.1 Å². The third-order valence-electron chi connectivity index (χ3n) is 5.21. The molecular weight excluding hydrogens is 386 g/mol. The first kappa shape index (κ1) is 19.7. The highest BCUT2D eigenvalue weighted by molar-refractivity contribution is 7.11. The van der Waals surface area contributed by atoms with Crippen molar-refractivity contribution in [3.8, 4) is 0 Å². The largest absolute Gasteiger partial charge is 0.354 e. The molecule has 1 aromatic carbocycles. The van der Waals surface area contributed by atoms with Gasteiger partial charge in [0.25, 0.3) is 0 Å². The van der Waals surface area contributed by atoms with Crippen molar-refractivity contribution in [2.24, 2.45) is 0 Å². The molecule has 1 amide bonds. The number of hydrogen-bond donors (Lipinski definition) is 1. The summed E-state index contributed by atoms with van der Waals surface area (Å²) in [7, 11) is 0.